The number of aliphatic imine (C=N–C) groups is 1. The molecule has 0 bridgehead atoms. The molecule has 0 aromatic carbocycles. The maximum atomic E-state index is 10.00. The lowest BCUT2D eigenvalue weighted by Gasteiger charge is -2.24. The van der Waals surface area contributed by atoms with Crippen LogP contribution < -0.4 is 5.32 Å². The second-order valence-electron chi connectivity index (χ2n) is 4.74. The number of hydrogen-bond acceptors (Lipinski definition) is 3. The van der Waals surface area contributed by atoms with Gasteiger partial charge in [-0.1, -0.05) is 19.8 Å². The van der Waals surface area contributed by atoms with E-state index in [1.54, 1.807) is 0 Å². The van der Waals surface area contributed by atoms with E-state index in [2.05, 4.69) is 17.2 Å². The molecule has 0 spiro atoms. The lowest BCUT2D eigenvalue weighted by atomic mass is 10.0. The number of nitrogens with zero attached hydrogens (tertiary/aromatic N) is 1. The van der Waals surface area contributed by atoms with E-state index >= 15 is 0 Å². The zero-order valence-corrected chi connectivity index (χ0v) is 10.1. The maximum absolute atomic E-state index is 10.00. The van der Waals surface area contributed by atoms with Gasteiger partial charge in [-0.05, 0) is 26.2 Å². The first-order valence-corrected chi connectivity index (χ1v) is 6.13. The fourth-order valence-electron chi connectivity index (χ4n) is 1.94. The Morgan fingerprint density at radius 3 is 2.93 bits per heavy atom. The van der Waals surface area contributed by atoms with Gasteiger partial charge in [0.25, 0.3) is 0 Å². The van der Waals surface area contributed by atoms with Crippen LogP contribution >= 0.6 is 0 Å². The van der Waals surface area contributed by atoms with E-state index in [-0.39, 0.29) is 0 Å². The van der Waals surface area contributed by atoms with E-state index in [1.807, 2.05) is 6.92 Å². The van der Waals surface area contributed by atoms with Gasteiger partial charge in [-0.15, -0.1) is 0 Å². The summed E-state index contributed by atoms with van der Waals surface area (Å²) in [5.74, 6) is 1.09. The number of hydrogen-bond donors (Lipinski definition) is 2. The summed E-state index contributed by atoms with van der Waals surface area (Å²) in [4.78, 5) is 4.48. The molecule has 0 saturated carbocycles. The minimum Gasteiger partial charge on any atom is -0.388 e. The first-order valence-electron chi connectivity index (χ1n) is 6.13. The summed E-state index contributed by atoms with van der Waals surface area (Å²) in [6.07, 6.45) is 6.61. The van der Waals surface area contributed by atoms with Crippen LogP contribution in [0.3, 0.4) is 0 Å². The first kappa shape index (κ1) is 12.5. The van der Waals surface area contributed by atoms with Gasteiger partial charge in [0.15, 0.2) is 0 Å². The molecule has 0 fully saturated rings. The molecular weight excluding hydrogens is 188 g/mol. The first-order chi connectivity index (χ1) is 7.14. The van der Waals surface area contributed by atoms with Crippen molar-refractivity contribution in [1.29, 1.82) is 0 Å². The van der Waals surface area contributed by atoms with Crippen LogP contribution in [0.25, 0.3) is 0 Å². The van der Waals surface area contributed by atoms with Gasteiger partial charge in [-0.2, -0.15) is 0 Å². The van der Waals surface area contributed by atoms with Crippen molar-refractivity contribution in [1.82, 2.24) is 5.32 Å². The monoisotopic (exact) mass is 212 g/mol. The highest BCUT2D eigenvalue weighted by Gasteiger charge is 2.19. The van der Waals surface area contributed by atoms with Crippen LogP contribution in [0.5, 0.6) is 0 Å². The van der Waals surface area contributed by atoms with E-state index in [0.29, 0.717) is 6.54 Å². The van der Waals surface area contributed by atoms with Gasteiger partial charge < -0.3 is 10.4 Å². The number of nitrogens with one attached hydrogen (secondary N) is 1. The molecule has 1 aliphatic rings. The lowest BCUT2D eigenvalue weighted by Crippen LogP contribution is -2.40. The summed E-state index contributed by atoms with van der Waals surface area (Å²) in [5, 5.41) is 13.3. The molecule has 0 saturated heterocycles. The highest BCUT2D eigenvalue weighted by molar-refractivity contribution is 5.82. The average molecular weight is 212 g/mol. The molecule has 3 nitrogen and oxygen atoms in total. The van der Waals surface area contributed by atoms with Gasteiger partial charge in [0.1, 0.15) is 0 Å². The van der Waals surface area contributed by atoms with Gasteiger partial charge in [-0.25, -0.2) is 0 Å². The molecule has 1 heterocycles. The summed E-state index contributed by atoms with van der Waals surface area (Å²) in [6.45, 7) is 5.55. The smallest absolute Gasteiger partial charge is 0.0964 e. The maximum Gasteiger partial charge on any atom is 0.0964 e. The largest absolute Gasteiger partial charge is 0.388 e. The van der Waals surface area contributed by atoms with Gasteiger partial charge in [0, 0.05) is 19.5 Å². The Morgan fingerprint density at radius 1 is 1.40 bits per heavy atom. The number of amidine groups is 1. The Morgan fingerprint density at radius 2 is 2.20 bits per heavy atom. The van der Waals surface area contributed by atoms with Crippen molar-refractivity contribution < 1.29 is 5.11 Å². The molecule has 0 aromatic rings. The predicted octanol–water partition coefficient (Wildman–Crippen LogP) is 2.10. The SMILES string of the molecule is CCCC(C)(O)CNC1=NCCCCC1. The van der Waals surface area contributed by atoms with Crippen LogP contribution in [0.4, 0.5) is 0 Å². The number of aliphatic hydroxyl groups is 1. The Labute approximate surface area is 93.0 Å². The Kier molecular flexibility index (Phi) is 5.09. The van der Waals surface area contributed by atoms with Crippen molar-refractivity contribution in [2.75, 3.05) is 13.1 Å². The molecule has 0 radical (unpaired) electrons. The van der Waals surface area contributed by atoms with E-state index in [1.165, 1.54) is 19.3 Å². The Bertz CT molecular complexity index is 212. The quantitative estimate of drug-likeness (QED) is 0.749. The summed E-state index contributed by atoms with van der Waals surface area (Å²) in [6, 6.07) is 0. The van der Waals surface area contributed by atoms with Crippen molar-refractivity contribution in [3.8, 4) is 0 Å². The molecule has 15 heavy (non-hydrogen) atoms. The molecular formula is C12H24N2O. The highest BCUT2D eigenvalue weighted by atomic mass is 16.3. The van der Waals surface area contributed by atoms with Crippen molar-refractivity contribution in [2.45, 2.75) is 58.0 Å². The molecule has 1 atom stereocenters. The molecule has 0 amide bonds. The zero-order chi connectivity index (χ0) is 11.1. The van der Waals surface area contributed by atoms with Crippen LogP contribution in [-0.2, 0) is 0 Å². The molecule has 88 valence electrons. The minimum atomic E-state index is -0.594. The summed E-state index contributed by atoms with van der Waals surface area (Å²) < 4.78 is 0. The average Bonchev–Trinajstić information content (AvgIpc) is 2.43. The topological polar surface area (TPSA) is 44.6 Å². The Balaban J connectivity index is 2.31. The lowest BCUT2D eigenvalue weighted by molar-refractivity contribution is 0.0546. The fraction of sp³-hybridized carbons (Fsp3) is 0.917. The third kappa shape index (κ3) is 5.17. The van der Waals surface area contributed by atoms with Crippen LogP contribution in [0, 0.1) is 0 Å². The van der Waals surface area contributed by atoms with Crippen LogP contribution in [-0.4, -0.2) is 29.6 Å². The van der Waals surface area contributed by atoms with Gasteiger partial charge in [-0.3, -0.25) is 4.99 Å². The second kappa shape index (κ2) is 6.11. The third-order valence-electron chi connectivity index (χ3n) is 2.84. The second-order valence-corrected chi connectivity index (χ2v) is 4.74. The molecule has 1 rings (SSSR count). The molecule has 1 aliphatic heterocycles. The molecule has 1 unspecified atom stereocenters. The fourth-order valence-corrected chi connectivity index (χ4v) is 1.94. The summed E-state index contributed by atoms with van der Waals surface area (Å²) >= 11 is 0. The summed E-state index contributed by atoms with van der Waals surface area (Å²) in [7, 11) is 0. The van der Waals surface area contributed by atoms with E-state index in [4.69, 9.17) is 0 Å². The normalized spacial score (nSPS) is 21.4. The van der Waals surface area contributed by atoms with Crippen LogP contribution in [0.15, 0.2) is 4.99 Å². The highest BCUT2D eigenvalue weighted by Crippen LogP contribution is 2.11. The molecule has 2 N–H and O–H groups in total. The standard InChI is InChI=1S/C12H24N2O/c1-3-8-12(2,15)10-14-11-7-5-4-6-9-13-11/h15H,3-10H2,1-2H3,(H,13,14). The summed E-state index contributed by atoms with van der Waals surface area (Å²) in [5.41, 5.74) is -0.594. The minimum absolute atomic E-state index is 0.594. The zero-order valence-electron chi connectivity index (χ0n) is 10.1. The van der Waals surface area contributed by atoms with E-state index in [9.17, 15) is 5.11 Å². The molecule has 0 aromatic heterocycles. The molecule has 3 heteroatoms. The van der Waals surface area contributed by atoms with Crippen molar-refractivity contribution in [3.05, 3.63) is 0 Å². The third-order valence-corrected chi connectivity index (χ3v) is 2.84. The van der Waals surface area contributed by atoms with Crippen molar-refractivity contribution in [3.63, 3.8) is 0 Å². The van der Waals surface area contributed by atoms with Crippen LogP contribution in [0.1, 0.15) is 52.4 Å². The van der Waals surface area contributed by atoms with Crippen molar-refractivity contribution in [2.24, 2.45) is 4.99 Å². The van der Waals surface area contributed by atoms with Gasteiger partial charge in [0.05, 0.1) is 11.4 Å². The number of rotatable bonds is 4. The van der Waals surface area contributed by atoms with Crippen LogP contribution in [0.2, 0.25) is 0 Å². The Hall–Kier alpha value is -0.570. The van der Waals surface area contributed by atoms with Crippen molar-refractivity contribution >= 4 is 5.84 Å². The van der Waals surface area contributed by atoms with E-state index in [0.717, 1.165) is 31.6 Å². The van der Waals surface area contributed by atoms with Gasteiger partial charge >= 0.3 is 0 Å². The molecule has 0 aliphatic carbocycles. The van der Waals surface area contributed by atoms with Gasteiger partial charge in [0.2, 0.25) is 0 Å². The van der Waals surface area contributed by atoms with E-state index < -0.39 is 5.60 Å². The predicted molar refractivity (Wildman–Crippen MR) is 64.3 cm³/mol.